The zero-order valence-electron chi connectivity index (χ0n) is 21.6. The molecule has 1 amide bonds. The third-order valence-electron chi connectivity index (χ3n) is 6.18. The smallest absolute Gasteiger partial charge is 0.288 e. The number of methoxy groups -OCH3 is 3. The van der Waals surface area contributed by atoms with Gasteiger partial charge in [0.05, 0.1) is 27.0 Å². The first-order valence-electron chi connectivity index (χ1n) is 12.0. The van der Waals surface area contributed by atoms with Gasteiger partial charge in [-0.3, -0.25) is 15.1 Å². The molecule has 3 aromatic rings. The molecule has 3 heterocycles. The number of rotatable bonds is 10. The Kier molecular flexibility index (Phi) is 8.40. The summed E-state index contributed by atoms with van der Waals surface area (Å²) in [4.78, 5) is 15.6. The van der Waals surface area contributed by atoms with Gasteiger partial charge in [0.2, 0.25) is 17.4 Å². The highest BCUT2D eigenvalue weighted by Gasteiger charge is 2.26. The van der Waals surface area contributed by atoms with E-state index >= 15 is 0 Å². The van der Waals surface area contributed by atoms with Gasteiger partial charge in [-0.05, 0) is 53.9 Å². The lowest BCUT2D eigenvalue weighted by Gasteiger charge is -2.21. The zero-order valence-corrected chi connectivity index (χ0v) is 21.6. The fraction of sp³-hybridized carbons (Fsp3) is 0.522. The predicted octanol–water partition coefficient (Wildman–Crippen LogP) is 1.41. The van der Waals surface area contributed by atoms with Crippen LogP contribution < -0.4 is 25.4 Å². The second-order valence-electron chi connectivity index (χ2n) is 8.79. The van der Waals surface area contributed by atoms with Gasteiger partial charge in [0, 0.05) is 20.1 Å². The molecular weight excluding hydrogens is 482 g/mol. The Hall–Kier alpha value is -3.91. The first-order chi connectivity index (χ1) is 17.9. The summed E-state index contributed by atoms with van der Waals surface area (Å²) in [5, 5.41) is 17.5. The number of nitrogen functional groups attached to an aromatic ring is 1. The second kappa shape index (κ2) is 11.9. The molecule has 0 radical (unpaired) electrons. The van der Waals surface area contributed by atoms with Crippen LogP contribution >= 0.6 is 0 Å². The third-order valence-corrected chi connectivity index (χ3v) is 6.18. The summed E-state index contributed by atoms with van der Waals surface area (Å²) in [6, 6.07) is 3.65. The van der Waals surface area contributed by atoms with Crippen molar-refractivity contribution in [1.29, 1.82) is 0 Å². The number of anilines is 1. The van der Waals surface area contributed by atoms with Crippen LogP contribution in [0.3, 0.4) is 0 Å². The SMILES string of the molecule is COc1cc(CN(C)NC(=O)c2nnn(-c3nonc3N)c2CN2CCCCCC2)cc(OC)c1OC. The van der Waals surface area contributed by atoms with Crippen LogP contribution in [0.15, 0.2) is 16.8 Å². The Labute approximate surface area is 214 Å². The van der Waals surface area contributed by atoms with E-state index in [1.165, 1.54) is 17.5 Å². The minimum absolute atomic E-state index is 0.0634. The number of carbonyl (C=O) groups excluding carboxylic acids is 1. The van der Waals surface area contributed by atoms with Crippen LogP contribution in [-0.4, -0.2) is 82.6 Å². The molecule has 3 N–H and O–H groups in total. The van der Waals surface area contributed by atoms with Crippen LogP contribution in [0.25, 0.3) is 5.82 Å². The van der Waals surface area contributed by atoms with Crippen molar-refractivity contribution in [3.8, 4) is 23.1 Å². The van der Waals surface area contributed by atoms with E-state index in [1.54, 1.807) is 33.4 Å². The molecule has 1 aliphatic rings. The van der Waals surface area contributed by atoms with Gasteiger partial charge < -0.3 is 19.9 Å². The van der Waals surface area contributed by atoms with Crippen molar-refractivity contribution < 1.29 is 23.6 Å². The number of benzene rings is 1. The Balaban J connectivity index is 1.55. The van der Waals surface area contributed by atoms with Crippen LogP contribution in [0, 0.1) is 0 Å². The number of nitrogens with two attached hydrogens (primary N) is 1. The molecule has 14 heteroatoms. The number of aromatic nitrogens is 5. The number of likely N-dealkylation sites (tertiary alicyclic amines) is 1. The molecule has 0 aliphatic carbocycles. The van der Waals surface area contributed by atoms with Crippen molar-refractivity contribution in [2.45, 2.75) is 38.8 Å². The van der Waals surface area contributed by atoms with E-state index in [0.29, 0.717) is 36.0 Å². The molecular formula is C23H33N9O5. The Morgan fingerprint density at radius 3 is 2.32 bits per heavy atom. The molecule has 1 aromatic carbocycles. The summed E-state index contributed by atoms with van der Waals surface area (Å²) in [6.45, 7) is 2.65. The molecule has 2 aromatic heterocycles. The number of nitrogens with one attached hydrogen (secondary N) is 1. The average Bonchev–Trinajstić information content (AvgIpc) is 3.40. The van der Waals surface area contributed by atoms with Crippen molar-refractivity contribution in [2.24, 2.45) is 0 Å². The highest BCUT2D eigenvalue weighted by molar-refractivity contribution is 5.93. The van der Waals surface area contributed by atoms with Crippen molar-refractivity contribution >= 4 is 11.7 Å². The number of hydrogen-bond acceptors (Lipinski definition) is 12. The molecule has 37 heavy (non-hydrogen) atoms. The van der Waals surface area contributed by atoms with Gasteiger partial charge in [0.15, 0.2) is 17.2 Å². The van der Waals surface area contributed by atoms with Gasteiger partial charge in [-0.1, -0.05) is 18.1 Å². The molecule has 0 atom stereocenters. The van der Waals surface area contributed by atoms with E-state index < -0.39 is 5.91 Å². The molecule has 0 unspecified atom stereocenters. The van der Waals surface area contributed by atoms with Crippen LogP contribution in [0.5, 0.6) is 17.2 Å². The van der Waals surface area contributed by atoms with Gasteiger partial charge >= 0.3 is 0 Å². The van der Waals surface area contributed by atoms with E-state index in [9.17, 15) is 4.79 Å². The molecule has 0 saturated carbocycles. The zero-order chi connectivity index (χ0) is 26.4. The van der Waals surface area contributed by atoms with Crippen LogP contribution in [-0.2, 0) is 13.1 Å². The van der Waals surface area contributed by atoms with Crippen molar-refractivity contribution in [3.63, 3.8) is 0 Å². The van der Waals surface area contributed by atoms with Crippen LogP contribution in [0.1, 0.15) is 47.4 Å². The van der Waals surface area contributed by atoms with Crippen molar-refractivity contribution in [2.75, 3.05) is 47.2 Å². The number of ether oxygens (including phenoxy) is 3. The Bertz CT molecular complexity index is 1180. The lowest BCUT2D eigenvalue weighted by Crippen LogP contribution is -2.39. The fourth-order valence-electron chi connectivity index (χ4n) is 4.40. The number of hydrogen-bond donors (Lipinski definition) is 2. The minimum Gasteiger partial charge on any atom is -0.493 e. The summed E-state index contributed by atoms with van der Waals surface area (Å²) in [6.07, 6.45) is 4.56. The van der Waals surface area contributed by atoms with Gasteiger partial charge in [-0.2, -0.15) is 4.68 Å². The molecule has 14 nitrogen and oxygen atoms in total. The molecule has 1 aliphatic heterocycles. The van der Waals surface area contributed by atoms with E-state index in [0.717, 1.165) is 31.5 Å². The van der Waals surface area contributed by atoms with E-state index in [1.807, 2.05) is 12.1 Å². The summed E-state index contributed by atoms with van der Waals surface area (Å²) in [5.41, 5.74) is 10.3. The number of amides is 1. The van der Waals surface area contributed by atoms with Gasteiger partial charge in [-0.15, -0.1) is 5.10 Å². The van der Waals surface area contributed by atoms with Gasteiger partial charge in [-0.25, -0.2) is 9.64 Å². The topological polar surface area (TPSA) is 159 Å². The van der Waals surface area contributed by atoms with Crippen LogP contribution in [0.2, 0.25) is 0 Å². The molecule has 1 fully saturated rings. The maximum atomic E-state index is 13.3. The summed E-state index contributed by atoms with van der Waals surface area (Å²) >= 11 is 0. The van der Waals surface area contributed by atoms with E-state index in [4.69, 9.17) is 24.6 Å². The number of hydrazine groups is 1. The van der Waals surface area contributed by atoms with Crippen LogP contribution in [0.4, 0.5) is 5.82 Å². The maximum Gasteiger partial charge on any atom is 0.288 e. The Morgan fingerprint density at radius 2 is 1.76 bits per heavy atom. The monoisotopic (exact) mass is 515 g/mol. The first kappa shape index (κ1) is 26.2. The number of carbonyl (C=O) groups is 1. The molecule has 200 valence electrons. The quantitative estimate of drug-likeness (QED) is 0.374. The predicted molar refractivity (Wildman–Crippen MR) is 132 cm³/mol. The Morgan fingerprint density at radius 1 is 1.08 bits per heavy atom. The fourth-order valence-corrected chi connectivity index (χ4v) is 4.40. The van der Waals surface area contributed by atoms with Crippen molar-refractivity contribution in [3.05, 3.63) is 29.1 Å². The molecule has 4 rings (SSSR count). The lowest BCUT2D eigenvalue weighted by molar-refractivity contribution is 0.0811. The standard InChI is InChI=1S/C23H33N9O5/c1-30(13-15-11-17(34-2)20(36-4)18(12-15)35-3)26-23(33)19-16(14-31-9-7-5-6-8-10-31)32(29-25-19)22-21(24)27-37-28-22/h11-12H,5-10,13-14H2,1-4H3,(H2,24,27)(H,26,33). The van der Waals surface area contributed by atoms with Gasteiger partial charge in [0.1, 0.15) is 0 Å². The normalized spacial score (nSPS) is 14.4. The number of nitrogens with zero attached hydrogens (tertiary/aromatic N) is 7. The van der Waals surface area contributed by atoms with Gasteiger partial charge in [0.25, 0.3) is 5.91 Å². The largest absolute Gasteiger partial charge is 0.493 e. The van der Waals surface area contributed by atoms with E-state index in [-0.39, 0.29) is 17.3 Å². The lowest BCUT2D eigenvalue weighted by atomic mass is 10.1. The highest BCUT2D eigenvalue weighted by atomic mass is 16.6. The average molecular weight is 516 g/mol. The summed E-state index contributed by atoms with van der Waals surface area (Å²) in [5.74, 6) is 1.39. The van der Waals surface area contributed by atoms with E-state index in [2.05, 4.69) is 31.0 Å². The summed E-state index contributed by atoms with van der Waals surface area (Å²) < 4.78 is 22.4. The minimum atomic E-state index is -0.416. The summed E-state index contributed by atoms with van der Waals surface area (Å²) in [7, 11) is 6.41. The highest BCUT2D eigenvalue weighted by Crippen LogP contribution is 2.38. The maximum absolute atomic E-state index is 13.3. The third kappa shape index (κ3) is 5.91. The van der Waals surface area contributed by atoms with Crippen molar-refractivity contribution in [1.82, 2.24) is 40.6 Å². The molecule has 1 saturated heterocycles. The second-order valence-corrected chi connectivity index (χ2v) is 8.79. The molecule has 0 spiro atoms. The molecule has 0 bridgehead atoms. The first-order valence-corrected chi connectivity index (χ1v) is 12.0.